The molecule has 1 N–H and O–H groups in total. The van der Waals surface area contributed by atoms with Crippen LogP contribution in [-0.2, 0) is 16.6 Å². The zero-order valence-electron chi connectivity index (χ0n) is 15.4. The van der Waals surface area contributed by atoms with Gasteiger partial charge >= 0.3 is 0 Å². The van der Waals surface area contributed by atoms with Gasteiger partial charge in [0.15, 0.2) is 5.65 Å². The van der Waals surface area contributed by atoms with Crippen LogP contribution < -0.4 is 5.32 Å². The molecule has 4 heterocycles. The van der Waals surface area contributed by atoms with Crippen molar-refractivity contribution in [3.05, 3.63) is 52.5 Å². The number of piperidine rings is 1. The third kappa shape index (κ3) is 4.03. The molecule has 0 saturated carbocycles. The fourth-order valence-corrected chi connectivity index (χ4v) is 4.73. The second-order valence-electron chi connectivity index (χ2n) is 6.97. The SMILES string of the molecule is CS(=O)(=O)N1CCCC(c2cc(NCc3cccnc3)n3ncc(Br)c3n2)C1. The number of nitrogens with zero attached hydrogens (tertiary/aromatic N) is 5. The van der Waals surface area contributed by atoms with E-state index in [2.05, 4.69) is 31.3 Å². The lowest BCUT2D eigenvalue weighted by atomic mass is 9.96. The van der Waals surface area contributed by atoms with Crippen LogP contribution in [0.4, 0.5) is 5.82 Å². The van der Waals surface area contributed by atoms with Crippen molar-refractivity contribution in [2.75, 3.05) is 24.7 Å². The van der Waals surface area contributed by atoms with Gasteiger partial charge in [0.1, 0.15) is 5.82 Å². The molecule has 0 spiro atoms. The van der Waals surface area contributed by atoms with Gasteiger partial charge in [-0.1, -0.05) is 6.07 Å². The largest absolute Gasteiger partial charge is 0.366 e. The molecule has 1 atom stereocenters. The Morgan fingerprint density at radius 3 is 2.96 bits per heavy atom. The van der Waals surface area contributed by atoms with Crippen molar-refractivity contribution in [2.24, 2.45) is 0 Å². The predicted octanol–water partition coefficient (Wildman–Crippen LogP) is 2.64. The number of nitrogens with one attached hydrogen (secondary N) is 1. The Labute approximate surface area is 172 Å². The Morgan fingerprint density at radius 2 is 2.21 bits per heavy atom. The van der Waals surface area contributed by atoms with Gasteiger partial charge < -0.3 is 5.32 Å². The quantitative estimate of drug-likeness (QED) is 0.623. The van der Waals surface area contributed by atoms with Crippen LogP contribution in [-0.4, -0.2) is 51.7 Å². The number of pyridine rings is 1. The standard InChI is InChI=1S/C18H21BrN6O2S/c1-28(26,27)24-7-3-5-14(12-24)16-8-17(21-10-13-4-2-6-20-9-13)25-18(23-16)15(19)11-22-25/h2,4,6,8-9,11,14,21H,3,5,7,10,12H2,1H3. The van der Waals surface area contributed by atoms with E-state index in [-0.39, 0.29) is 5.92 Å². The molecule has 0 aromatic carbocycles. The molecule has 0 bridgehead atoms. The van der Waals surface area contributed by atoms with E-state index in [1.54, 1.807) is 21.2 Å². The maximum Gasteiger partial charge on any atom is 0.211 e. The first-order chi connectivity index (χ1) is 13.4. The molecule has 1 fully saturated rings. The van der Waals surface area contributed by atoms with Crippen molar-refractivity contribution in [1.82, 2.24) is 23.9 Å². The predicted molar refractivity (Wildman–Crippen MR) is 111 cm³/mol. The summed E-state index contributed by atoms with van der Waals surface area (Å²) in [4.78, 5) is 8.91. The van der Waals surface area contributed by atoms with Gasteiger partial charge in [0, 0.05) is 44.0 Å². The molecule has 0 amide bonds. The van der Waals surface area contributed by atoms with Crippen LogP contribution in [0.25, 0.3) is 5.65 Å². The Bertz CT molecular complexity index is 1090. The molecule has 4 rings (SSSR count). The molecule has 148 valence electrons. The number of hydrogen-bond acceptors (Lipinski definition) is 6. The van der Waals surface area contributed by atoms with E-state index >= 15 is 0 Å². The highest BCUT2D eigenvalue weighted by Crippen LogP contribution is 2.30. The summed E-state index contributed by atoms with van der Waals surface area (Å²) in [7, 11) is -3.21. The molecule has 8 nitrogen and oxygen atoms in total. The number of aromatic nitrogens is 4. The van der Waals surface area contributed by atoms with E-state index in [9.17, 15) is 8.42 Å². The van der Waals surface area contributed by atoms with Crippen molar-refractivity contribution >= 4 is 37.4 Å². The number of anilines is 1. The molecule has 1 aliphatic rings. The zero-order valence-corrected chi connectivity index (χ0v) is 17.8. The van der Waals surface area contributed by atoms with Crippen molar-refractivity contribution in [3.63, 3.8) is 0 Å². The Kier molecular flexibility index (Phi) is 5.35. The summed E-state index contributed by atoms with van der Waals surface area (Å²) >= 11 is 3.51. The number of halogens is 1. The van der Waals surface area contributed by atoms with E-state index in [4.69, 9.17) is 4.98 Å². The fourth-order valence-electron chi connectivity index (χ4n) is 3.47. The Hall–Kier alpha value is -2.04. The molecular formula is C18H21BrN6O2S. The minimum Gasteiger partial charge on any atom is -0.366 e. The summed E-state index contributed by atoms with van der Waals surface area (Å²) in [5.41, 5.74) is 2.64. The maximum atomic E-state index is 12.0. The Balaban J connectivity index is 1.66. The lowest BCUT2D eigenvalue weighted by Gasteiger charge is -2.30. The highest BCUT2D eigenvalue weighted by atomic mass is 79.9. The monoisotopic (exact) mass is 464 g/mol. The normalized spacial score (nSPS) is 18.4. The van der Waals surface area contributed by atoms with Gasteiger partial charge in [0.2, 0.25) is 10.0 Å². The summed E-state index contributed by atoms with van der Waals surface area (Å²) in [6, 6.07) is 5.87. The molecule has 1 saturated heterocycles. The molecule has 28 heavy (non-hydrogen) atoms. The minimum atomic E-state index is -3.21. The minimum absolute atomic E-state index is 0.0502. The summed E-state index contributed by atoms with van der Waals surface area (Å²) in [5.74, 6) is 0.861. The first-order valence-corrected chi connectivity index (χ1v) is 11.7. The maximum absolute atomic E-state index is 12.0. The lowest BCUT2D eigenvalue weighted by molar-refractivity contribution is 0.314. The van der Waals surface area contributed by atoms with Gasteiger partial charge in [-0.3, -0.25) is 4.98 Å². The zero-order chi connectivity index (χ0) is 19.7. The van der Waals surface area contributed by atoms with Gasteiger partial charge in [-0.15, -0.1) is 0 Å². The van der Waals surface area contributed by atoms with E-state index in [1.807, 2.05) is 24.4 Å². The van der Waals surface area contributed by atoms with Crippen LogP contribution in [0.2, 0.25) is 0 Å². The summed E-state index contributed by atoms with van der Waals surface area (Å²) in [5, 5.41) is 7.80. The number of rotatable bonds is 5. The number of fused-ring (bicyclic) bond motifs is 1. The van der Waals surface area contributed by atoms with Crippen LogP contribution in [0.5, 0.6) is 0 Å². The highest BCUT2D eigenvalue weighted by molar-refractivity contribution is 9.10. The van der Waals surface area contributed by atoms with E-state index in [1.165, 1.54) is 6.26 Å². The summed E-state index contributed by atoms with van der Waals surface area (Å²) < 4.78 is 28.1. The van der Waals surface area contributed by atoms with Crippen LogP contribution in [0.1, 0.15) is 30.0 Å². The van der Waals surface area contributed by atoms with Crippen LogP contribution >= 0.6 is 15.9 Å². The first-order valence-electron chi connectivity index (χ1n) is 9.04. The third-order valence-corrected chi connectivity index (χ3v) is 6.75. The average molecular weight is 465 g/mol. The van der Waals surface area contributed by atoms with Crippen LogP contribution in [0, 0.1) is 0 Å². The molecule has 3 aromatic heterocycles. The third-order valence-electron chi connectivity index (χ3n) is 4.92. The fraction of sp³-hybridized carbons (Fsp3) is 0.389. The summed E-state index contributed by atoms with van der Waals surface area (Å²) in [6.07, 6.45) is 8.27. The van der Waals surface area contributed by atoms with Crippen LogP contribution in [0.15, 0.2) is 41.3 Å². The highest BCUT2D eigenvalue weighted by Gasteiger charge is 2.28. The van der Waals surface area contributed by atoms with Crippen LogP contribution in [0.3, 0.4) is 0 Å². The van der Waals surface area contributed by atoms with Crippen molar-refractivity contribution < 1.29 is 8.42 Å². The van der Waals surface area contributed by atoms with Gasteiger partial charge in [0.25, 0.3) is 0 Å². The van der Waals surface area contributed by atoms with E-state index < -0.39 is 10.0 Å². The van der Waals surface area contributed by atoms with Crippen molar-refractivity contribution in [3.8, 4) is 0 Å². The first kappa shape index (κ1) is 19.3. The molecule has 1 unspecified atom stereocenters. The average Bonchev–Trinajstić information content (AvgIpc) is 3.07. The second kappa shape index (κ2) is 7.76. The smallest absolute Gasteiger partial charge is 0.211 e. The van der Waals surface area contributed by atoms with Gasteiger partial charge in [-0.25, -0.2) is 17.7 Å². The molecule has 3 aromatic rings. The number of hydrogen-bond donors (Lipinski definition) is 1. The molecular weight excluding hydrogens is 444 g/mol. The van der Waals surface area contributed by atoms with Crippen molar-refractivity contribution in [1.29, 1.82) is 0 Å². The van der Waals surface area contributed by atoms with E-state index in [0.717, 1.165) is 34.4 Å². The molecule has 10 heteroatoms. The Morgan fingerprint density at radius 1 is 1.36 bits per heavy atom. The molecule has 0 aliphatic carbocycles. The molecule has 1 aliphatic heterocycles. The van der Waals surface area contributed by atoms with E-state index in [0.29, 0.717) is 25.3 Å². The van der Waals surface area contributed by atoms with Gasteiger partial charge in [-0.05, 0) is 40.4 Å². The van der Waals surface area contributed by atoms with Gasteiger partial charge in [-0.2, -0.15) is 9.61 Å². The second-order valence-corrected chi connectivity index (χ2v) is 9.81. The van der Waals surface area contributed by atoms with Crippen molar-refractivity contribution in [2.45, 2.75) is 25.3 Å². The topological polar surface area (TPSA) is 92.5 Å². The van der Waals surface area contributed by atoms with Gasteiger partial charge in [0.05, 0.1) is 22.6 Å². The lowest BCUT2D eigenvalue weighted by Crippen LogP contribution is -2.38. The number of sulfonamides is 1. The molecule has 0 radical (unpaired) electrons. The summed E-state index contributed by atoms with van der Waals surface area (Å²) in [6.45, 7) is 1.62.